The molecule has 5 nitrogen and oxygen atoms in total. The van der Waals surface area contributed by atoms with Crippen LogP contribution in [0.3, 0.4) is 0 Å². The third kappa shape index (κ3) is 4.19. The Kier molecular flexibility index (Phi) is 5.24. The molecule has 2 aliphatic rings. The summed E-state index contributed by atoms with van der Waals surface area (Å²) in [4.78, 5) is 26.5. The van der Waals surface area contributed by atoms with Gasteiger partial charge in [-0.05, 0) is 68.5 Å². The molecule has 2 fully saturated rings. The highest BCUT2D eigenvalue weighted by Crippen LogP contribution is 2.28. The van der Waals surface area contributed by atoms with Crippen molar-refractivity contribution in [3.63, 3.8) is 0 Å². The van der Waals surface area contributed by atoms with E-state index in [1.165, 1.54) is 0 Å². The van der Waals surface area contributed by atoms with Crippen molar-refractivity contribution in [2.45, 2.75) is 51.6 Å². The molecule has 2 heterocycles. The van der Waals surface area contributed by atoms with Gasteiger partial charge in [-0.15, -0.1) is 0 Å². The standard InChI is InChI=1S/C21H25ClN2O3/c1-2-13-9-19-17(11-18(13)22)15(10-20(25)27-19)12-24-7-5-14(6-8-24)21(26)23-16-3-4-16/h9-11,14,16H,2-8,12H2,1H3,(H,23,26). The van der Waals surface area contributed by atoms with Crippen molar-refractivity contribution in [1.29, 1.82) is 0 Å². The Bertz CT molecular complexity index is 912. The zero-order valence-corrected chi connectivity index (χ0v) is 16.3. The number of likely N-dealkylation sites (tertiary alicyclic amines) is 1. The number of fused-ring (bicyclic) bond motifs is 1. The van der Waals surface area contributed by atoms with Crippen molar-refractivity contribution in [2.24, 2.45) is 5.92 Å². The van der Waals surface area contributed by atoms with Gasteiger partial charge in [-0.3, -0.25) is 9.69 Å². The summed E-state index contributed by atoms with van der Waals surface area (Å²) in [7, 11) is 0. The van der Waals surface area contributed by atoms with Crippen LogP contribution >= 0.6 is 11.6 Å². The van der Waals surface area contributed by atoms with E-state index in [9.17, 15) is 9.59 Å². The lowest BCUT2D eigenvalue weighted by Gasteiger charge is -2.31. The predicted octanol–water partition coefficient (Wildman–Crippen LogP) is 3.50. The molecule has 1 saturated heterocycles. The lowest BCUT2D eigenvalue weighted by atomic mass is 9.95. The zero-order valence-electron chi connectivity index (χ0n) is 15.6. The molecule has 1 aromatic carbocycles. The SMILES string of the molecule is CCc1cc2oc(=O)cc(CN3CCC(C(=O)NC4CC4)CC3)c2cc1Cl. The maximum absolute atomic E-state index is 12.2. The number of nitrogens with one attached hydrogen (secondary N) is 1. The molecule has 1 saturated carbocycles. The summed E-state index contributed by atoms with van der Waals surface area (Å²) in [5.41, 5.74) is 2.18. The molecule has 0 spiro atoms. The molecule has 1 aliphatic heterocycles. The molecule has 6 heteroatoms. The van der Waals surface area contributed by atoms with Crippen LogP contribution in [-0.2, 0) is 17.8 Å². The smallest absolute Gasteiger partial charge is 0.336 e. The molecule has 1 amide bonds. The quantitative estimate of drug-likeness (QED) is 0.796. The van der Waals surface area contributed by atoms with Crippen molar-refractivity contribution in [1.82, 2.24) is 10.2 Å². The lowest BCUT2D eigenvalue weighted by Crippen LogP contribution is -2.40. The van der Waals surface area contributed by atoms with E-state index in [4.69, 9.17) is 16.0 Å². The minimum absolute atomic E-state index is 0.112. The van der Waals surface area contributed by atoms with Crippen LogP contribution in [0, 0.1) is 5.92 Å². The number of carbonyl (C=O) groups is 1. The Morgan fingerprint density at radius 1 is 1.19 bits per heavy atom. The van der Waals surface area contributed by atoms with Gasteiger partial charge in [0.2, 0.25) is 5.91 Å². The van der Waals surface area contributed by atoms with E-state index in [0.29, 0.717) is 23.2 Å². The first kappa shape index (κ1) is 18.5. The molecule has 27 heavy (non-hydrogen) atoms. The molecule has 2 aromatic rings. The van der Waals surface area contributed by atoms with E-state index < -0.39 is 0 Å². The number of halogens is 1. The van der Waals surface area contributed by atoms with E-state index in [1.807, 2.05) is 19.1 Å². The minimum Gasteiger partial charge on any atom is -0.423 e. The molecule has 4 rings (SSSR count). The molecular weight excluding hydrogens is 364 g/mol. The van der Waals surface area contributed by atoms with Gasteiger partial charge in [-0.25, -0.2) is 4.79 Å². The van der Waals surface area contributed by atoms with Crippen LogP contribution in [0.15, 0.2) is 27.4 Å². The molecular formula is C21H25ClN2O3. The fourth-order valence-electron chi connectivity index (χ4n) is 3.83. The maximum atomic E-state index is 12.2. The first-order chi connectivity index (χ1) is 13.0. The van der Waals surface area contributed by atoms with E-state index in [2.05, 4.69) is 10.2 Å². The largest absolute Gasteiger partial charge is 0.423 e. The van der Waals surface area contributed by atoms with Crippen molar-refractivity contribution in [3.05, 3.63) is 44.8 Å². The van der Waals surface area contributed by atoms with Gasteiger partial charge in [0.05, 0.1) is 0 Å². The summed E-state index contributed by atoms with van der Waals surface area (Å²) >= 11 is 6.38. The highest BCUT2D eigenvalue weighted by Gasteiger charge is 2.30. The maximum Gasteiger partial charge on any atom is 0.336 e. The molecule has 0 unspecified atom stereocenters. The molecule has 144 valence electrons. The number of benzene rings is 1. The first-order valence-electron chi connectivity index (χ1n) is 9.81. The number of hydrogen-bond donors (Lipinski definition) is 1. The van der Waals surface area contributed by atoms with Crippen molar-refractivity contribution >= 4 is 28.5 Å². The number of nitrogens with zero attached hydrogens (tertiary/aromatic N) is 1. The van der Waals surface area contributed by atoms with E-state index in [1.54, 1.807) is 6.07 Å². The Labute approximate surface area is 163 Å². The van der Waals surface area contributed by atoms with Gasteiger partial charge in [0.1, 0.15) is 5.58 Å². The topological polar surface area (TPSA) is 62.6 Å². The van der Waals surface area contributed by atoms with Gasteiger partial charge < -0.3 is 9.73 Å². The molecule has 1 aliphatic carbocycles. The summed E-state index contributed by atoms with van der Waals surface area (Å²) < 4.78 is 5.39. The second-order valence-electron chi connectivity index (χ2n) is 7.72. The Hall–Kier alpha value is -1.85. The Balaban J connectivity index is 1.48. The van der Waals surface area contributed by atoms with Gasteiger partial charge in [0.25, 0.3) is 0 Å². The highest BCUT2D eigenvalue weighted by molar-refractivity contribution is 6.32. The zero-order chi connectivity index (χ0) is 19.0. The average molecular weight is 389 g/mol. The van der Waals surface area contributed by atoms with Crippen molar-refractivity contribution in [3.8, 4) is 0 Å². The van der Waals surface area contributed by atoms with E-state index in [0.717, 1.165) is 61.7 Å². The first-order valence-corrected chi connectivity index (χ1v) is 10.2. The summed E-state index contributed by atoms with van der Waals surface area (Å²) in [6.45, 7) is 4.40. The number of piperidine rings is 1. The monoisotopic (exact) mass is 388 g/mol. The molecule has 1 N–H and O–H groups in total. The second-order valence-corrected chi connectivity index (χ2v) is 8.12. The average Bonchev–Trinajstić information content (AvgIpc) is 3.46. The van der Waals surface area contributed by atoms with Crippen LogP contribution in [0.4, 0.5) is 0 Å². The normalized spacial score (nSPS) is 18.7. The van der Waals surface area contributed by atoms with Crippen LogP contribution in [0.2, 0.25) is 5.02 Å². The van der Waals surface area contributed by atoms with Gasteiger partial charge in [0.15, 0.2) is 0 Å². The fraction of sp³-hybridized carbons (Fsp3) is 0.524. The summed E-state index contributed by atoms with van der Waals surface area (Å²) in [5.74, 6) is 0.322. The number of amides is 1. The van der Waals surface area contributed by atoms with Crippen LogP contribution in [0.25, 0.3) is 11.0 Å². The minimum atomic E-state index is -0.333. The predicted molar refractivity (Wildman–Crippen MR) is 106 cm³/mol. The van der Waals surface area contributed by atoms with E-state index >= 15 is 0 Å². The summed E-state index contributed by atoms with van der Waals surface area (Å²) in [6.07, 6.45) is 4.75. The summed E-state index contributed by atoms with van der Waals surface area (Å²) in [6, 6.07) is 5.76. The highest BCUT2D eigenvalue weighted by atomic mass is 35.5. The third-order valence-corrected chi connectivity index (χ3v) is 6.01. The third-order valence-electron chi connectivity index (χ3n) is 5.65. The van der Waals surface area contributed by atoms with Gasteiger partial charge in [0, 0.05) is 35.0 Å². The summed E-state index contributed by atoms with van der Waals surface area (Å²) in [5, 5.41) is 4.71. The van der Waals surface area contributed by atoms with Gasteiger partial charge in [-0.1, -0.05) is 18.5 Å². The van der Waals surface area contributed by atoms with Crippen LogP contribution < -0.4 is 10.9 Å². The number of rotatable bonds is 5. The Morgan fingerprint density at radius 2 is 1.93 bits per heavy atom. The van der Waals surface area contributed by atoms with Gasteiger partial charge >= 0.3 is 5.63 Å². The van der Waals surface area contributed by atoms with Crippen molar-refractivity contribution in [2.75, 3.05) is 13.1 Å². The number of aryl methyl sites for hydroxylation is 1. The van der Waals surface area contributed by atoms with Crippen LogP contribution in [0.1, 0.15) is 43.7 Å². The van der Waals surface area contributed by atoms with Gasteiger partial charge in [-0.2, -0.15) is 0 Å². The van der Waals surface area contributed by atoms with Crippen molar-refractivity contribution < 1.29 is 9.21 Å². The second kappa shape index (κ2) is 7.64. The van der Waals surface area contributed by atoms with Crippen LogP contribution in [-0.4, -0.2) is 29.9 Å². The lowest BCUT2D eigenvalue weighted by molar-refractivity contribution is -0.126. The van der Waals surface area contributed by atoms with Crippen LogP contribution in [0.5, 0.6) is 0 Å². The molecule has 0 radical (unpaired) electrons. The fourth-order valence-corrected chi connectivity index (χ4v) is 4.13. The number of carbonyl (C=O) groups excluding carboxylic acids is 1. The Morgan fingerprint density at radius 3 is 2.59 bits per heavy atom. The molecule has 0 bridgehead atoms. The van der Waals surface area contributed by atoms with E-state index in [-0.39, 0.29) is 17.5 Å². The molecule has 1 aromatic heterocycles. The number of hydrogen-bond acceptors (Lipinski definition) is 4. The molecule has 0 atom stereocenters.